The summed E-state index contributed by atoms with van der Waals surface area (Å²) in [7, 11) is 0. The lowest BCUT2D eigenvalue weighted by atomic mass is 10.1. The number of halogens is 1. The predicted octanol–water partition coefficient (Wildman–Crippen LogP) is 4.09. The largest absolute Gasteiger partial charge is 0.330 e. The summed E-state index contributed by atoms with van der Waals surface area (Å²) < 4.78 is 1.15. The molecule has 2 N–H and O–H groups in total. The fourth-order valence-electron chi connectivity index (χ4n) is 1.45. The van der Waals surface area contributed by atoms with E-state index in [4.69, 9.17) is 5.73 Å². The van der Waals surface area contributed by atoms with E-state index in [0.717, 1.165) is 22.4 Å². The smallest absolute Gasteiger partial charge is 0.0961 e. The zero-order valence-electron chi connectivity index (χ0n) is 8.94. The standard InChI is InChI=1S/C11H13BrN2S2/c1-7(4-5-13)11-14-8(6-15-11)9-2-3-10(12)16-9/h2-3,6-7H,4-5,13H2,1H3. The van der Waals surface area contributed by atoms with Gasteiger partial charge in [0, 0.05) is 11.3 Å². The van der Waals surface area contributed by atoms with Gasteiger partial charge in [-0.3, -0.25) is 0 Å². The van der Waals surface area contributed by atoms with Gasteiger partial charge in [-0.25, -0.2) is 4.98 Å². The van der Waals surface area contributed by atoms with Crippen LogP contribution >= 0.6 is 38.6 Å². The lowest BCUT2D eigenvalue weighted by Gasteiger charge is -2.04. The summed E-state index contributed by atoms with van der Waals surface area (Å²) >= 11 is 6.91. The Kier molecular flexibility index (Phi) is 4.13. The Morgan fingerprint density at radius 2 is 2.31 bits per heavy atom. The molecule has 0 saturated carbocycles. The average Bonchev–Trinajstić information content (AvgIpc) is 2.85. The molecule has 0 aliphatic carbocycles. The fraction of sp³-hybridized carbons (Fsp3) is 0.364. The van der Waals surface area contributed by atoms with E-state index in [-0.39, 0.29) is 0 Å². The molecule has 0 spiro atoms. The van der Waals surface area contributed by atoms with Gasteiger partial charge in [0.1, 0.15) is 0 Å². The molecule has 2 aromatic rings. The van der Waals surface area contributed by atoms with Crippen molar-refractivity contribution in [3.63, 3.8) is 0 Å². The normalized spacial score (nSPS) is 12.9. The highest BCUT2D eigenvalue weighted by molar-refractivity contribution is 9.11. The quantitative estimate of drug-likeness (QED) is 0.922. The third-order valence-corrected chi connectivity index (χ3v) is 5.09. The van der Waals surface area contributed by atoms with Crippen LogP contribution in [0.2, 0.25) is 0 Å². The minimum absolute atomic E-state index is 0.465. The van der Waals surface area contributed by atoms with Crippen LogP contribution < -0.4 is 5.73 Å². The predicted molar refractivity (Wildman–Crippen MR) is 75.2 cm³/mol. The van der Waals surface area contributed by atoms with Crippen molar-refractivity contribution in [3.8, 4) is 10.6 Å². The third-order valence-electron chi connectivity index (χ3n) is 2.37. The Morgan fingerprint density at radius 3 is 2.94 bits per heavy atom. The van der Waals surface area contributed by atoms with Crippen LogP contribution in [0.15, 0.2) is 21.3 Å². The van der Waals surface area contributed by atoms with Crippen molar-refractivity contribution in [2.24, 2.45) is 5.73 Å². The number of thiophene rings is 1. The Labute approximate surface area is 112 Å². The van der Waals surface area contributed by atoms with Crippen molar-refractivity contribution in [3.05, 3.63) is 26.3 Å². The Balaban J connectivity index is 2.19. The van der Waals surface area contributed by atoms with Crippen LogP contribution in [-0.4, -0.2) is 11.5 Å². The minimum Gasteiger partial charge on any atom is -0.330 e. The molecule has 0 fully saturated rings. The summed E-state index contributed by atoms with van der Waals surface area (Å²) in [6, 6.07) is 4.16. The molecule has 1 atom stereocenters. The van der Waals surface area contributed by atoms with Gasteiger partial charge in [0.2, 0.25) is 0 Å². The molecule has 5 heteroatoms. The topological polar surface area (TPSA) is 38.9 Å². The number of nitrogens with two attached hydrogens (primary N) is 1. The van der Waals surface area contributed by atoms with E-state index in [1.807, 2.05) is 0 Å². The van der Waals surface area contributed by atoms with E-state index < -0.39 is 0 Å². The van der Waals surface area contributed by atoms with Crippen LogP contribution in [0.1, 0.15) is 24.3 Å². The first-order valence-electron chi connectivity index (χ1n) is 5.12. The molecule has 1 unspecified atom stereocenters. The van der Waals surface area contributed by atoms with Crippen LogP contribution in [0.3, 0.4) is 0 Å². The van der Waals surface area contributed by atoms with E-state index in [1.54, 1.807) is 22.7 Å². The van der Waals surface area contributed by atoms with Crippen molar-refractivity contribution in [1.29, 1.82) is 0 Å². The highest BCUT2D eigenvalue weighted by Crippen LogP contribution is 2.33. The summed E-state index contributed by atoms with van der Waals surface area (Å²) in [5.41, 5.74) is 6.64. The number of nitrogens with zero attached hydrogens (tertiary/aromatic N) is 1. The van der Waals surface area contributed by atoms with Crippen molar-refractivity contribution >= 4 is 38.6 Å². The molecule has 2 nitrogen and oxygen atoms in total. The molecule has 0 amide bonds. The summed E-state index contributed by atoms with van der Waals surface area (Å²) in [5.74, 6) is 0.465. The molecule has 0 bridgehead atoms. The molecule has 2 aromatic heterocycles. The van der Waals surface area contributed by atoms with E-state index in [9.17, 15) is 0 Å². The van der Waals surface area contributed by atoms with Crippen LogP contribution in [0.4, 0.5) is 0 Å². The van der Waals surface area contributed by atoms with Gasteiger partial charge in [0.05, 0.1) is 19.4 Å². The van der Waals surface area contributed by atoms with Crippen molar-refractivity contribution in [1.82, 2.24) is 4.98 Å². The molecule has 16 heavy (non-hydrogen) atoms. The van der Waals surface area contributed by atoms with Crippen molar-refractivity contribution < 1.29 is 0 Å². The molecule has 0 aliphatic rings. The summed E-state index contributed by atoms with van der Waals surface area (Å²) in [4.78, 5) is 5.88. The zero-order valence-corrected chi connectivity index (χ0v) is 12.2. The average molecular weight is 317 g/mol. The number of thiazole rings is 1. The third kappa shape index (κ3) is 2.71. The molecule has 2 rings (SSSR count). The van der Waals surface area contributed by atoms with Crippen LogP contribution in [0.25, 0.3) is 10.6 Å². The van der Waals surface area contributed by atoms with Gasteiger partial charge in [-0.05, 0) is 41.0 Å². The Hall–Kier alpha value is -0.230. The lowest BCUT2D eigenvalue weighted by Crippen LogP contribution is -2.04. The Bertz CT molecular complexity index is 464. The lowest BCUT2D eigenvalue weighted by molar-refractivity contribution is 0.686. The van der Waals surface area contributed by atoms with E-state index in [0.29, 0.717) is 5.92 Å². The maximum atomic E-state index is 5.56. The van der Waals surface area contributed by atoms with Gasteiger partial charge in [0.15, 0.2) is 0 Å². The van der Waals surface area contributed by atoms with Crippen molar-refractivity contribution in [2.45, 2.75) is 19.3 Å². The van der Waals surface area contributed by atoms with Gasteiger partial charge in [0.25, 0.3) is 0 Å². The zero-order chi connectivity index (χ0) is 11.5. The van der Waals surface area contributed by atoms with Gasteiger partial charge in [-0.1, -0.05) is 6.92 Å². The van der Waals surface area contributed by atoms with Crippen LogP contribution in [-0.2, 0) is 0 Å². The SMILES string of the molecule is CC(CCN)c1nc(-c2ccc(Br)s2)cs1. The maximum Gasteiger partial charge on any atom is 0.0961 e. The monoisotopic (exact) mass is 316 g/mol. The molecule has 0 radical (unpaired) electrons. The first-order chi connectivity index (χ1) is 7.70. The maximum absolute atomic E-state index is 5.56. The van der Waals surface area contributed by atoms with Crippen LogP contribution in [0, 0.1) is 0 Å². The van der Waals surface area contributed by atoms with E-state index in [1.165, 1.54) is 9.88 Å². The van der Waals surface area contributed by atoms with E-state index in [2.05, 4.69) is 45.4 Å². The second-order valence-electron chi connectivity index (χ2n) is 3.65. The number of hydrogen-bond donors (Lipinski definition) is 1. The molecular weight excluding hydrogens is 304 g/mol. The first-order valence-corrected chi connectivity index (χ1v) is 7.61. The molecule has 0 aromatic carbocycles. The molecular formula is C11H13BrN2S2. The summed E-state index contributed by atoms with van der Waals surface area (Å²) in [6.07, 6.45) is 1.00. The van der Waals surface area contributed by atoms with Crippen LogP contribution in [0.5, 0.6) is 0 Å². The molecule has 0 aliphatic heterocycles. The second kappa shape index (κ2) is 5.40. The summed E-state index contributed by atoms with van der Waals surface area (Å²) in [5, 5.41) is 3.31. The highest BCUT2D eigenvalue weighted by atomic mass is 79.9. The van der Waals surface area contributed by atoms with Gasteiger partial charge in [-0.2, -0.15) is 0 Å². The minimum atomic E-state index is 0.465. The van der Waals surface area contributed by atoms with Gasteiger partial charge >= 0.3 is 0 Å². The molecule has 0 saturated heterocycles. The fourth-order valence-corrected chi connectivity index (χ4v) is 3.79. The molecule has 2 heterocycles. The highest BCUT2D eigenvalue weighted by Gasteiger charge is 2.11. The second-order valence-corrected chi connectivity index (χ2v) is 7.01. The first kappa shape index (κ1) is 12.2. The van der Waals surface area contributed by atoms with Crippen molar-refractivity contribution in [2.75, 3.05) is 6.54 Å². The van der Waals surface area contributed by atoms with Gasteiger partial charge < -0.3 is 5.73 Å². The Morgan fingerprint density at radius 1 is 1.50 bits per heavy atom. The van der Waals surface area contributed by atoms with Gasteiger partial charge in [-0.15, -0.1) is 22.7 Å². The summed E-state index contributed by atoms with van der Waals surface area (Å²) in [6.45, 7) is 2.90. The number of aromatic nitrogens is 1. The van der Waals surface area contributed by atoms with E-state index >= 15 is 0 Å². The molecule has 86 valence electrons. The number of hydrogen-bond acceptors (Lipinski definition) is 4. The number of rotatable bonds is 4.